The molecule has 1 saturated heterocycles. The Labute approximate surface area is 231 Å². The molecule has 1 aromatic heterocycles. The van der Waals surface area contributed by atoms with Crippen molar-refractivity contribution in [1.82, 2.24) is 9.88 Å². The number of aliphatic hydroxyl groups excluding tert-OH is 1. The predicted molar refractivity (Wildman–Crippen MR) is 147 cm³/mol. The Balaban J connectivity index is 1.37. The molecule has 0 saturated carbocycles. The molecule has 0 radical (unpaired) electrons. The average molecular weight is 535 g/mol. The lowest BCUT2D eigenvalue weighted by Crippen LogP contribution is -2.29. The SMILES string of the molecule is O=C1C(=O)N(Cc2ccncc2)C(c2ccc(OCc3ccccc3)cc2)/C1=C(\O)c1ccc2c(c1)OCCO2. The Hall–Kier alpha value is -5.11. The number of hydrogen-bond acceptors (Lipinski definition) is 7. The van der Waals surface area contributed by atoms with E-state index in [9.17, 15) is 14.7 Å². The highest BCUT2D eigenvalue weighted by molar-refractivity contribution is 6.46. The number of nitrogens with zero attached hydrogens (tertiary/aromatic N) is 2. The molecule has 8 nitrogen and oxygen atoms in total. The minimum atomic E-state index is -0.815. The summed E-state index contributed by atoms with van der Waals surface area (Å²) in [7, 11) is 0. The van der Waals surface area contributed by atoms with Gasteiger partial charge >= 0.3 is 0 Å². The molecule has 0 aliphatic carbocycles. The number of Topliss-reactive ketones (excluding diaryl/α,β-unsaturated/α-hetero) is 1. The number of aromatic nitrogens is 1. The van der Waals surface area contributed by atoms with Crippen molar-refractivity contribution in [2.24, 2.45) is 0 Å². The van der Waals surface area contributed by atoms with E-state index in [4.69, 9.17) is 14.2 Å². The van der Waals surface area contributed by atoms with E-state index in [0.717, 1.165) is 11.1 Å². The maximum atomic E-state index is 13.4. The van der Waals surface area contributed by atoms with Crippen molar-refractivity contribution in [3.63, 3.8) is 0 Å². The largest absolute Gasteiger partial charge is 0.507 e. The number of benzene rings is 3. The lowest BCUT2D eigenvalue weighted by atomic mass is 9.95. The number of pyridine rings is 1. The number of aliphatic hydroxyl groups is 1. The second kappa shape index (κ2) is 10.9. The van der Waals surface area contributed by atoms with E-state index in [0.29, 0.717) is 48.2 Å². The smallest absolute Gasteiger partial charge is 0.295 e. The first-order chi connectivity index (χ1) is 19.6. The second-order valence-electron chi connectivity index (χ2n) is 9.48. The molecule has 0 spiro atoms. The summed E-state index contributed by atoms with van der Waals surface area (Å²) < 4.78 is 17.2. The maximum Gasteiger partial charge on any atom is 0.295 e. The van der Waals surface area contributed by atoms with Crippen LogP contribution in [0.25, 0.3) is 5.76 Å². The average Bonchev–Trinajstić information content (AvgIpc) is 3.25. The Morgan fingerprint density at radius 2 is 1.60 bits per heavy atom. The number of likely N-dealkylation sites (tertiary alicyclic amines) is 1. The van der Waals surface area contributed by atoms with Crippen molar-refractivity contribution >= 4 is 17.4 Å². The summed E-state index contributed by atoms with van der Waals surface area (Å²) >= 11 is 0. The normalized spacial score (nSPS) is 17.6. The first-order valence-corrected chi connectivity index (χ1v) is 12.9. The van der Waals surface area contributed by atoms with E-state index in [2.05, 4.69) is 4.98 Å². The standard InChI is InChI=1S/C32H26N2O6/c35-30(24-8-11-26-27(18-24)39-17-16-38-26)28-29(34(32(37)31(28)36)19-21-12-14-33-15-13-21)23-6-9-25(10-7-23)40-20-22-4-2-1-3-5-22/h1-15,18,29,35H,16-17,19-20H2/b30-28+. The Bertz CT molecular complexity index is 1570. The predicted octanol–water partition coefficient (Wildman–Crippen LogP) is 5.05. The summed E-state index contributed by atoms with van der Waals surface area (Å²) in [6.07, 6.45) is 3.27. The van der Waals surface area contributed by atoms with Crippen molar-refractivity contribution in [2.45, 2.75) is 19.2 Å². The van der Waals surface area contributed by atoms with Crippen LogP contribution in [0.15, 0.2) is 103 Å². The third-order valence-electron chi connectivity index (χ3n) is 6.90. The van der Waals surface area contributed by atoms with Crippen molar-refractivity contribution in [3.05, 3.63) is 125 Å². The van der Waals surface area contributed by atoms with Gasteiger partial charge in [-0.2, -0.15) is 0 Å². The van der Waals surface area contributed by atoms with Crippen LogP contribution in [0.5, 0.6) is 17.2 Å². The summed E-state index contributed by atoms with van der Waals surface area (Å²) in [4.78, 5) is 32.3. The van der Waals surface area contributed by atoms with Gasteiger partial charge in [-0.3, -0.25) is 14.6 Å². The van der Waals surface area contributed by atoms with Crippen molar-refractivity contribution in [1.29, 1.82) is 0 Å². The monoisotopic (exact) mass is 534 g/mol. The van der Waals surface area contributed by atoms with Crippen LogP contribution in [-0.4, -0.2) is 39.9 Å². The van der Waals surface area contributed by atoms with Gasteiger partial charge < -0.3 is 24.2 Å². The summed E-state index contributed by atoms with van der Waals surface area (Å²) in [5, 5.41) is 11.4. The Kier molecular flexibility index (Phi) is 6.89. The number of ether oxygens (including phenoxy) is 3. The zero-order chi connectivity index (χ0) is 27.5. The zero-order valence-corrected chi connectivity index (χ0v) is 21.5. The van der Waals surface area contributed by atoms with Crippen molar-refractivity contribution in [3.8, 4) is 17.2 Å². The van der Waals surface area contributed by atoms with Crippen LogP contribution in [0.2, 0.25) is 0 Å². The van der Waals surface area contributed by atoms with Crippen molar-refractivity contribution in [2.75, 3.05) is 13.2 Å². The summed E-state index contributed by atoms with van der Waals surface area (Å²) in [5.74, 6) is -0.0463. The molecule has 1 atom stereocenters. The molecule has 6 rings (SSSR count). The molecule has 1 N–H and O–H groups in total. The molecule has 0 bridgehead atoms. The van der Waals surface area contributed by atoms with Crippen LogP contribution >= 0.6 is 0 Å². The molecule has 1 fully saturated rings. The lowest BCUT2D eigenvalue weighted by molar-refractivity contribution is -0.140. The molecular formula is C32H26N2O6. The molecule has 2 aliphatic heterocycles. The van der Waals surface area contributed by atoms with Gasteiger partial charge in [-0.1, -0.05) is 42.5 Å². The van der Waals surface area contributed by atoms with Gasteiger partial charge in [-0.05, 0) is 59.2 Å². The highest BCUT2D eigenvalue weighted by Gasteiger charge is 2.46. The molecule has 40 heavy (non-hydrogen) atoms. The molecule has 8 heteroatoms. The molecule has 3 heterocycles. The number of hydrogen-bond donors (Lipinski definition) is 1. The topological polar surface area (TPSA) is 98.2 Å². The molecule has 4 aromatic rings. The highest BCUT2D eigenvalue weighted by atomic mass is 16.6. The molecule has 200 valence electrons. The molecule has 2 aliphatic rings. The number of ketones is 1. The van der Waals surface area contributed by atoms with Gasteiger partial charge in [0.25, 0.3) is 11.7 Å². The zero-order valence-electron chi connectivity index (χ0n) is 21.5. The maximum absolute atomic E-state index is 13.4. The second-order valence-corrected chi connectivity index (χ2v) is 9.48. The van der Waals surface area contributed by atoms with E-state index in [1.807, 2.05) is 42.5 Å². The first kappa shape index (κ1) is 25.2. The third-order valence-corrected chi connectivity index (χ3v) is 6.90. The van der Waals surface area contributed by atoms with Crippen LogP contribution in [-0.2, 0) is 22.7 Å². The van der Waals surface area contributed by atoms with Gasteiger partial charge in [0, 0.05) is 24.5 Å². The third kappa shape index (κ3) is 4.99. The van der Waals surface area contributed by atoms with Crippen molar-refractivity contribution < 1.29 is 28.9 Å². The van der Waals surface area contributed by atoms with E-state index >= 15 is 0 Å². The van der Waals surface area contributed by atoms with E-state index in [-0.39, 0.29) is 17.9 Å². The van der Waals surface area contributed by atoms with E-state index < -0.39 is 17.7 Å². The number of fused-ring (bicyclic) bond motifs is 1. The fraction of sp³-hybridized carbons (Fsp3) is 0.156. The van der Waals surface area contributed by atoms with Crippen LogP contribution in [0.3, 0.4) is 0 Å². The minimum Gasteiger partial charge on any atom is -0.507 e. The number of rotatable bonds is 7. The van der Waals surface area contributed by atoms with Gasteiger partial charge in [-0.25, -0.2) is 0 Å². The quantitative estimate of drug-likeness (QED) is 0.201. The van der Waals surface area contributed by atoms with Gasteiger partial charge in [0.2, 0.25) is 0 Å². The Morgan fingerprint density at radius 3 is 2.35 bits per heavy atom. The fourth-order valence-corrected chi connectivity index (χ4v) is 4.91. The summed E-state index contributed by atoms with van der Waals surface area (Å²) in [5.41, 5.74) is 2.88. The Morgan fingerprint density at radius 1 is 0.875 bits per heavy atom. The van der Waals surface area contributed by atoms with Gasteiger partial charge in [0.1, 0.15) is 31.3 Å². The van der Waals surface area contributed by atoms with Crippen LogP contribution in [0.4, 0.5) is 0 Å². The van der Waals surface area contributed by atoms with Crippen LogP contribution < -0.4 is 14.2 Å². The molecule has 1 amide bonds. The van der Waals surface area contributed by atoms with Gasteiger partial charge in [0.05, 0.1) is 11.6 Å². The van der Waals surface area contributed by atoms with E-state index in [1.54, 1.807) is 54.9 Å². The molecular weight excluding hydrogens is 508 g/mol. The summed E-state index contributed by atoms with van der Waals surface area (Å²) in [6.45, 7) is 1.39. The summed E-state index contributed by atoms with van der Waals surface area (Å²) in [6, 6.07) is 24.8. The minimum absolute atomic E-state index is 0.00804. The highest BCUT2D eigenvalue weighted by Crippen LogP contribution is 2.42. The molecule has 1 unspecified atom stereocenters. The molecule has 3 aromatic carbocycles. The number of carbonyl (C=O) groups excluding carboxylic acids is 2. The van der Waals surface area contributed by atoms with Gasteiger partial charge in [0.15, 0.2) is 11.5 Å². The number of amides is 1. The van der Waals surface area contributed by atoms with Crippen LogP contribution in [0.1, 0.15) is 28.3 Å². The first-order valence-electron chi connectivity index (χ1n) is 12.9. The van der Waals surface area contributed by atoms with Gasteiger partial charge in [-0.15, -0.1) is 0 Å². The lowest BCUT2D eigenvalue weighted by Gasteiger charge is -2.26. The van der Waals surface area contributed by atoms with E-state index in [1.165, 1.54) is 4.90 Å². The van der Waals surface area contributed by atoms with Crippen LogP contribution in [0, 0.1) is 0 Å². The fourth-order valence-electron chi connectivity index (χ4n) is 4.91. The number of carbonyl (C=O) groups is 2.